The zero-order chi connectivity index (χ0) is 16.9. The van der Waals surface area contributed by atoms with Crippen LogP contribution < -0.4 is 5.73 Å². The second-order valence-corrected chi connectivity index (χ2v) is 7.92. The Kier molecular flexibility index (Phi) is 6.14. The Morgan fingerprint density at radius 3 is 1.88 bits per heavy atom. The van der Waals surface area contributed by atoms with Gasteiger partial charge in [-0.3, -0.25) is 14.5 Å². The van der Waals surface area contributed by atoms with E-state index in [1.54, 1.807) is 0 Å². The van der Waals surface area contributed by atoms with Crippen LogP contribution in [0, 0.1) is 0 Å². The van der Waals surface area contributed by atoms with Crippen LogP contribution in [0.2, 0.25) is 0 Å². The van der Waals surface area contributed by atoms with Crippen molar-refractivity contribution in [3.8, 4) is 0 Å². The van der Waals surface area contributed by atoms with Crippen LogP contribution in [0.5, 0.6) is 0 Å². The van der Waals surface area contributed by atoms with Gasteiger partial charge in [0.1, 0.15) is 0 Å². The fourth-order valence-corrected chi connectivity index (χ4v) is 5.02. The van der Waals surface area contributed by atoms with Gasteiger partial charge in [0, 0.05) is 12.1 Å². The van der Waals surface area contributed by atoms with Crippen LogP contribution >= 0.6 is 0 Å². The van der Waals surface area contributed by atoms with E-state index in [4.69, 9.17) is 5.73 Å². The van der Waals surface area contributed by atoms with Crippen LogP contribution in [0.4, 0.5) is 0 Å². The van der Waals surface area contributed by atoms with Crippen molar-refractivity contribution in [3.05, 3.63) is 0 Å². The van der Waals surface area contributed by atoms with Gasteiger partial charge in [-0.05, 0) is 45.1 Å². The summed E-state index contributed by atoms with van der Waals surface area (Å²) in [6, 6.07) is 0.599. The normalized spacial score (nSPS) is 27.2. The van der Waals surface area contributed by atoms with Crippen LogP contribution in [0.3, 0.4) is 0 Å². The zero-order valence-corrected chi connectivity index (χ0v) is 14.9. The summed E-state index contributed by atoms with van der Waals surface area (Å²) in [4.78, 5) is 29.1. The average molecular weight is 335 g/mol. The second-order valence-electron chi connectivity index (χ2n) is 7.92. The minimum Gasteiger partial charge on any atom is -0.368 e. The largest absolute Gasteiger partial charge is 0.368 e. The molecule has 2 aliphatic carbocycles. The predicted octanol–water partition coefficient (Wildman–Crippen LogP) is 2.43. The van der Waals surface area contributed by atoms with Crippen LogP contribution in [0.1, 0.15) is 77.0 Å². The van der Waals surface area contributed by atoms with Gasteiger partial charge in [-0.25, -0.2) is 0 Å². The molecule has 5 heteroatoms. The lowest BCUT2D eigenvalue weighted by Crippen LogP contribution is -2.53. The number of nitrogens with zero attached hydrogens (tertiary/aromatic N) is 2. The Balaban J connectivity index is 1.68. The highest BCUT2D eigenvalue weighted by molar-refractivity contribution is 5.83. The van der Waals surface area contributed by atoms with E-state index in [1.807, 2.05) is 4.90 Å². The molecule has 1 heterocycles. The molecule has 0 spiro atoms. The third-order valence-electron chi connectivity index (χ3n) is 6.25. The lowest BCUT2D eigenvalue weighted by molar-refractivity contribution is -0.140. The molecule has 24 heavy (non-hydrogen) atoms. The van der Waals surface area contributed by atoms with Crippen LogP contribution in [-0.2, 0) is 9.59 Å². The van der Waals surface area contributed by atoms with Crippen molar-refractivity contribution in [2.75, 3.05) is 13.1 Å². The highest BCUT2D eigenvalue weighted by atomic mass is 16.2. The van der Waals surface area contributed by atoms with E-state index in [0.717, 1.165) is 45.1 Å². The minimum atomic E-state index is -0.276. The van der Waals surface area contributed by atoms with Gasteiger partial charge in [0.25, 0.3) is 0 Å². The van der Waals surface area contributed by atoms with Crippen molar-refractivity contribution in [2.45, 2.75) is 95.2 Å². The summed E-state index contributed by atoms with van der Waals surface area (Å²) < 4.78 is 0. The number of carbonyl (C=O) groups is 2. The van der Waals surface area contributed by atoms with Crippen molar-refractivity contribution >= 4 is 11.8 Å². The molecule has 136 valence electrons. The Labute approximate surface area is 145 Å². The lowest BCUT2D eigenvalue weighted by Gasteiger charge is -2.42. The monoisotopic (exact) mass is 335 g/mol. The number of hydrogen-bond acceptors (Lipinski definition) is 3. The maximum Gasteiger partial charge on any atom is 0.237 e. The molecule has 3 fully saturated rings. The van der Waals surface area contributed by atoms with Crippen molar-refractivity contribution < 1.29 is 9.59 Å². The Morgan fingerprint density at radius 2 is 1.38 bits per heavy atom. The third-order valence-corrected chi connectivity index (χ3v) is 6.25. The van der Waals surface area contributed by atoms with Crippen LogP contribution in [0.15, 0.2) is 0 Å². The number of primary amides is 1. The van der Waals surface area contributed by atoms with E-state index >= 15 is 0 Å². The van der Waals surface area contributed by atoms with Gasteiger partial charge in [0.2, 0.25) is 11.8 Å². The quantitative estimate of drug-likeness (QED) is 0.839. The Morgan fingerprint density at radius 1 is 0.833 bits per heavy atom. The summed E-state index contributed by atoms with van der Waals surface area (Å²) in [5.74, 6) is -0.0378. The van der Waals surface area contributed by atoms with Crippen LogP contribution in [-0.4, -0.2) is 52.8 Å². The first-order chi connectivity index (χ1) is 11.7. The van der Waals surface area contributed by atoms with Gasteiger partial charge >= 0.3 is 0 Å². The molecule has 2 N–H and O–H groups in total. The summed E-state index contributed by atoms with van der Waals surface area (Å²) in [6.45, 7) is 1.20. The van der Waals surface area contributed by atoms with Crippen LogP contribution in [0.25, 0.3) is 0 Å². The molecule has 0 radical (unpaired) electrons. The van der Waals surface area contributed by atoms with Gasteiger partial charge in [0.15, 0.2) is 0 Å². The molecule has 1 atom stereocenters. The SMILES string of the molecule is NC(=O)C1CCCN1CC(=O)N(C1CCCCC1)C1CCCCC1. The van der Waals surface area contributed by atoms with Gasteiger partial charge in [-0.1, -0.05) is 38.5 Å². The number of rotatable bonds is 5. The molecule has 3 rings (SSSR count). The highest BCUT2D eigenvalue weighted by Crippen LogP contribution is 2.31. The predicted molar refractivity (Wildman–Crippen MR) is 94.4 cm³/mol. The van der Waals surface area contributed by atoms with Crippen molar-refractivity contribution in [1.29, 1.82) is 0 Å². The maximum atomic E-state index is 13.2. The zero-order valence-electron chi connectivity index (χ0n) is 14.9. The molecule has 0 aromatic rings. The van der Waals surface area contributed by atoms with Gasteiger partial charge in [0.05, 0.1) is 12.6 Å². The number of hydrogen-bond donors (Lipinski definition) is 1. The van der Waals surface area contributed by atoms with Crippen molar-refractivity contribution in [3.63, 3.8) is 0 Å². The standard InChI is InChI=1S/C19H33N3O2/c20-19(24)17-12-7-13-21(17)14-18(23)22(15-8-3-1-4-9-15)16-10-5-2-6-11-16/h15-17H,1-14H2,(H2,20,24). The first-order valence-electron chi connectivity index (χ1n) is 10.0. The molecular formula is C19H33N3O2. The van der Waals surface area contributed by atoms with E-state index in [9.17, 15) is 9.59 Å². The summed E-state index contributed by atoms with van der Waals surface area (Å²) in [5.41, 5.74) is 5.52. The molecule has 2 saturated carbocycles. The first-order valence-corrected chi connectivity index (χ1v) is 10.0. The maximum absolute atomic E-state index is 13.2. The minimum absolute atomic E-state index is 0.238. The fraction of sp³-hybridized carbons (Fsp3) is 0.895. The number of likely N-dealkylation sites (tertiary alicyclic amines) is 1. The van der Waals surface area contributed by atoms with E-state index < -0.39 is 0 Å². The number of carbonyl (C=O) groups excluding carboxylic acids is 2. The number of nitrogens with two attached hydrogens (primary N) is 1. The fourth-order valence-electron chi connectivity index (χ4n) is 5.02. The molecule has 2 amide bonds. The molecule has 0 aromatic carbocycles. The average Bonchev–Trinajstić information content (AvgIpc) is 3.05. The van der Waals surface area contributed by atoms with E-state index in [0.29, 0.717) is 18.6 Å². The second kappa shape index (κ2) is 8.32. The molecule has 0 aromatic heterocycles. The Bertz CT molecular complexity index is 424. The molecule has 1 saturated heterocycles. The Hall–Kier alpha value is -1.10. The molecular weight excluding hydrogens is 302 g/mol. The summed E-state index contributed by atoms with van der Waals surface area (Å²) in [7, 11) is 0. The first kappa shape index (κ1) is 17.7. The number of amides is 2. The van der Waals surface area contributed by atoms with E-state index in [1.165, 1.54) is 38.5 Å². The molecule has 3 aliphatic rings. The smallest absolute Gasteiger partial charge is 0.237 e. The summed E-state index contributed by atoms with van der Waals surface area (Å²) >= 11 is 0. The topological polar surface area (TPSA) is 66.6 Å². The van der Waals surface area contributed by atoms with Gasteiger partial charge < -0.3 is 10.6 Å². The van der Waals surface area contributed by atoms with E-state index in [2.05, 4.69) is 4.90 Å². The third kappa shape index (κ3) is 4.11. The molecule has 5 nitrogen and oxygen atoms in total. The lowest BCUT2D eigenvalue weighted by atomic mass is 9.88. The van der Waals surface area contributed by atoms with Gasteiger partial charge in [-0.15, -0.1) is 0 Å². The molecule has 1 unspecified atom stereocenters. The summed E-state index contributed by atoms with van der Waals surface area (Å²) in [5, 5.41) is 0. The summed E-state index contributed by atoms with van der Waals surface area (Å²) in [6.07, 6.45) is 14.0. The van der Waals surface area contributed by atoms with Gasteiger partial charge in [-0.2, -0.15) is 0 Å². The molecule has 1 aliphatic heterocycles. The van der Waals surface area contributed by atoms with E-state index in [-0.39, 0.29) is 17.9 Å². The van der Waals surface area contributed by atoms with Crippen molar-refractivity contribution in [2.24, 2.45) is 5.73 Å². The molecule has 0 bridgehead atoms. The van der Waals surface area contributed by atoms with Crippen molar-refractivity contribution in [1.82, 2.24) is 9.80 Å². The highest BCUT2D eigenvalue weighted by Gasteiger charge is 2.36.